The zero-order valence-corrected chi connectivity index (χ0v) is 30.4. The van der Waals surface area contributed by atoms with E-state index >= 15 is 0 Å². The number of halogens is 1. The minimum absolute atomic E-state index is 0.0499. The number of hydrogen-bond donors (Lipinski definition) is 0. The van der Waals surface area contributed by atoms with Gasteiger partial charge in [0.2, 0.25) is 22.8 Å². The van der Waals surface area contributed by atoms with E-state index < -0.39 is 15.5 Å². The topological polar surface area (TPSA) is 168 Å². The van der Waals surface area contributed by atoms with Crippen LogP contribution in [0.4, 0.5) is 0 Å². The van der Waals surface area contributed by atoms with Gasteiger partial charge in [-0.15, -0.1) is 10.2 Å². The maximum atomic E-state index is 14.0. The minimum atomic E-state index is -3.97. The van der Waals surface area contributed by atoms with Crippen LogP contribution in [0.5, 0.6) is 34.5 Å². The Morgan fingerprint density at radius 2 is 1.55 bits per heavy atom. The Labute approximate surface area is 293 Å². The van der Waals surface area contributed by atoms with Crippen LogP contribution in [0, 0.1) is 0 Å². The molecule has 3 aromatic carbocycles. The first-order valence-electron chi connectivity index (χ1n) is 14.3. The number of hydrogen-bond acceptors (Lipinski definition) is 15. The van der Waals surface area contributed by atoms with Gasteiger partial charge in [-0.3, -0.25) is 8.98 Å². The molecule has 0 atom stereocenters. The van der Waals surface area contributed by atoms with Crippen molar-refractivity contribution in [1.29, 1.82) is 0 Å². The minimum Gasteiger partial charge on any atom is -0.496 e. The highest BCUT2D eigenvalue weighted by Crippen LogP contribution is 2.44. The summed E-state index contributed by atoms with van der Waals surface area (Å²) in [6.07, 6.45) is 0.458. The monoisotopic (exact) mass is 778 g/mol. The summed E-state index contributed by atoms with van der Waals surface area (Å²) in [6, 6.07) is 11.1. The lowest BCUT2D eigenvalue weighted by atomic mass is 10.1. The summed E-state index contributed by atoms with van der Waals surface area (Å²) in [7, 11) is 4.50. The Morgan fingerprint density at radius 3 is 2.18 bits per heavy atom. The Balaban J connectivity index is 1.41. The molecule has 0 aliphatic rings. The van der Waals surface area contributed by atoms with Crippen molar-refractivity contribution in [3.63, 3.8) is 0 Å². The van der Waals surface area contributed by atoms with Gasteiger partial charge in [0, 0.05) is 23.4 Å². The molecule has 260 valence electrons. The largest absolute Gasteiger partial charge is 0.496 e. The lowest BCUT2D eigenvalue weighted by Gasteiger charge is -2.16. The SMILES string of the molecule is COc1cc(OC)c2c(=O)c(OCCCSc3nnc(-c4cccc(S(=O)(=O)OC)c4Br)o3)c(-c3cc(OC)c(OC)c(OC)c3)oc2c1. The van der Waals surface area contributed by atoms with E-state index in [0.717, 1.165) is 7.11 Å². The average molecular weight is 780 g/mol. The van der Waals surface area contributed by atoms with Gasteiger partial charge in [0.1, 0.15) is 27.4 Å². The summed E-state index contributed by atoms with van der Waals surface area (Å²) >= 11 is 4.57. The lowest BCUT2D eigenvalue weighted by molar-refractivity contribution is 0.309. The third kappa shape index (κ3) is 7.29. The number of benzene rings is 3. The maximum Gasteiger partial charge on any atom is 0.297 e. The van der Waals surface area contributed by atoms with Gasteiger partial charge in [-0.1, -0.05) is 17.8 Å². The fourth-order valence-electron chi connectivity index (χ4n) is 4.78. The van der Waals surface area contributed by atoms with E-state index in [1.165, 1.54) is 53.4 Å². The van der Waals surface area contributed by atoms with E-state index in [1.807, 2.05) is 0 Å². The molecule has 49 heavy (non-hydrogen) atoms. The van der Waals surface area contributed by atoms with Crippen molar-refractivity contribution >= 4 is 48.8 Å². The smallest absolute Gasteiger partial charge is 0.297 e. The van der Waals surface area contributed by atoms with E-state index in [4.69, 9.17) is 37.3 Å². The van der Waals surface area contributed by atoms with Crippen LogP contribution in [0.15, 0.2) is 70.7 Å². The van der Waals surface area contributed by atoms with Crippen LogP contribution in [-0.2, 0) is 14.3 Å². The van der Waals surface area contributed by atoms with Crippen LogP contribution in [0.3, 0.4) is 0 Å². The maximum absolute atomic E-state index is 14.0. The van der Waals surface area contributed by atoms with Gasteiger partial charge in [0.15, 0.2) is 17.3 Å². The lowest BCUT2D eigenvalue weighted by Crippen LogP contribution is -2.12. The van der Waals surface area contributed by atoms with Gasteiger partial charge in [0.25, 0.3) is 15.3 Å². The molecule has 0 fully saturated rings. The molecule has 0 N–H and O–H groups in total. The molecule has 0 aliphatic carbocycles. The number of ether oxygens (including phenoxy) is 6. The standard InChI is InChI=1S/C32H31BrN2O12S2/c1-39-18-15-20(40-2)25-21(16-18)46-28(17-13-22(41-3)29(43-5)23(14-17)42-4)30(27(25)36)45-11-8-12-48-32-35-34-31(47-32)19-9-7-10-24(26(19)33)49(37,38)44-6/h7,9-10,13-16H,8,11-12H2,1-6H3. The zero-order valence-electron chi connectivity index (χ0n) is 27.2. The van der Waals surface area contributed by atoms with Gasteiger partial charge >= 0.3 is 0 Å². The van der Waals surface area contributed by atoms with E-state index in [0.29, 0.717) is 46.3 Å². The van der Waals surface area contributed by atoms with Crippen molar-refractivity contribution < 1.29 is 49.9 Å². The predicted octanol–water partition coefficient (Wildman–Crippen LogP) is 6.21. The van der Waals surface area contributed by atoms with Crippen molar-refractivity contribution in [3.05, 3.63) is 57.2 Å². The van der Waals surface area contributed by atoms with Crippen molar-refractivity contribution in [2.24, 2.45) is 0 Å². The van der Waals surface area contributed by atoms with Crippen LogP contribution < -0.4 is 33.8 Å². The van der Waals surface area contributed by atoms with Crippen LogP contribution in [0.1, 0.15) is 6.42 Å². The Kier molecular flexibility index (Phi) is 11.3. The van der Waals surface area contributed by atoms with Gasteiger partial charge < -0.3 is 37.3 Å². The first kappa shape index (κ1) is 35.8. The van der Waals surface area contributed by atoms with Crippen molar-refractivity contribution in [3.8, 4) is 57.3 Å². The average Bonchev–Trinajstić information content (AvgIpc) is 3.59. The summed E-state index contributed by atoms with van der Waals surface area (Å²) in [5.74, 6) is 2.42. The van der Waals surface area contributed by atoms with Gasteiger partial charge in [-0.25, -0.2) is 0 Å². The molecule has 5 rings (SSSR count). The number of nitrogens with zero attached hydrogens (tertiary/aromatic N) is 2. The van der Waals surface area contributed by atoms with Gasteiger partial charge in [0.05, 0.1) is 59.3 Å². The third-order valence-electron chi connectivity index (χ3n) is 7.12. The molecule has 14 nitrogen and oxygen atoms in total. The van der Waals surface area contributed by atoms with Crippen LogP contribution in [0.25, 0.3) is 33.7 Å². The third-order valence-corrected chi connectivity index (χ3v) is 10.5. The fourth-order valence-corrected chi connectivity index (χ4v) is 7.24. The van der Waals surface area contributed by atoms with Crippen molar-refractivity contribution in [2.45, 2.75) is 16.5 Å². The van der Waals surface area contributed by atoms with Crippen LogP contribution in [-0.4, -0.2) is 73.6 Å². The molecule has 17 heteroatoms. The number of thioether (sulfide) groups is 1. The molecular formula is C32H31BrN2O12S2. The molecule has 0 unspecified atom stereocenters. The summed E-state index contributed by atoms with van der Waals surface area (Å²) in [5, 5.41) is 8.55. The summed E-state index contributed by atoms with van der Waals surface area (Å²) in [6.45, 7) is 0.114. The summed E-state index contributed by atoms with van der Waals surface area (Å²) in [4.78, 5) is 13.9. The van der Waals surface area contributed by atoms with E-state index in [9.17, 15) is 13.2 Å². The van der Waals surface area contributed by atoms with E-state index in [-0.39, 0.29) is 55.3 Å². The predicted molar refractivity (Wildman–Crippen MR) is 183 cm³/mol. The van der Waals surface area contributed by atoms with E-state index in [2.05, 4.69) is 30.3 Å². The van der Waals surface area contributed by atoms with Gasteiger partial charge in [-0.2, -0.15) is 8.42 Å². The molecule has 5 aromatic rings. The molecule has 0 saturated heterocycles. The highest BCUT2D eigenvalue weighted by atomic mass is 79.9. The number of fused-ring (bicyclic) bond motifs is 1. The first-order chi connectivity index (χ1) is 23.6. The van der Waals surface area contributed by atoms with Crippen molar-refractivity contribution in [2.75, 3.05) is 55.0 Å². The van der Waals surface area contributed by atoms with Crippen LogP contribution >= 0.6 is 27.7 Å². The normalized spacial score (nSPS) is 11.4. The number of aromatic nitrogens is 2. The highest BCUT2D eigenvalue weighted by Gasteiger charge is 2.25. The molecule has 0 saturated carbocycles. The summed E-state index contributed by atoms with van der Waals surface area (Å²) in [5.41, 5.74) is 0.585. The highest BCUT2D eigenvalue weighted by molar-refractivity contribution is 9.10. The molecule has 0 bridgehead atoms. The van der Waals surface area contributed by atoms with E-state index in [1.54, 1.807) is 36.4 Å². The van der Waals surface area contributed by atoms with Crippen molar-refractivity contribution in [1.82, 2.24) is 10.2 Å². The fraction of sp³-hybridized carbons (Fsp3) is 0.281. The Bertz CT molecular complexity index is 2130. The Hall–Kier alpha value is -4.45. The molecule has 2 aromatic heterocycles. The second-order valence-corrected chi connectivity index (χ2v) is 13.4. The molecular weight excluding hydrogens is 748 g/mol. The zero-order chi connectivity index (χ0) is 35.3. The molecule has 0 amide bonds. The molecule has 0 aliphatic heterocycles. The molecule has 0 spiro atoms. The molecule has 0 radical (unpaired) electrons. The quantitative estimate of drug-likeness (QED) is 0.0668. The second-order valence-electron chi connectivity index (χ2n) is 9.87. The van der Waals surface area contributed by atoms with Crippen LogP contribution in [0.2, 0.25) is 0 Å². The number of rotatable bonds is 15. The number of methoxy groups -OCH3 is 5. The van der Waals surface area contributed by atoms with Gasteiger partial charge in [-0.05, 0) is 46.6 Å². The Morgan fingerprint density at radius 1 is 0.837 bits per heavy atom. The molecule has 2 heterocycles. The second kappa shape index (κ2) is 15.4. The first-order valence-corrected chi connectivity index (χ1v) is 17.5. The summed E-state index contributed by atoms with van der Waals surface area (Å²) < 4.78 is 75.0.